The van der Waals surface area contributed by atoms with Gasteiger partial charge in [-0.05, 0) is 19.9 Å². The van der Waals surface area contributed by atoms with Crippen LogP contribution in [-0.2, 0) is 18.4 Å². The molecule has 2 N–H and O–H groups in total. The SMILES string of the molecule is Cn1ccc(CNC(C)(C)C(=O)O)n1. The zero-order chi connectivity index (χ0) is 10.8. The second-order valence-corrected chi connectivity index (χ2v) is 3.76. The van der Waals surface area contributed by atoms with Crippen molar-refractivity contribution in [2.24, 2.45) is 7.05 Å². The lowest BCUT2D eigenvalue weighted by molar-refractivity contribution is -0.143. The molecule has 0 unspecified atom stereocenters. The van der Waals surface area contributed by atoms with Gasteiger partial charge in [-0.3, -0.25) is 14.8 Å². The number of hydrogen-bond acceptors (Lipinski definition) is 3. The van der Waals surface area contributed by atoms with E-state index in [1.807, 2.05) is 19.3 Å². The summed E-state index contributed by atoms with van der Waals surface area (Å²) in [6.45, 7) is 3.71. The Balaban J connectivity index is 2.52. The Hall–Kier alpha value is -1.36. The summed E-state index contributed by atoms with van der Waals surface area (Å²) in [5.74, 6) is -0.867. The third-order valence-electron chi connectivity index (χ3n) is 2.01. The van der Waals surface area contributed by atoms with Gasteiger partial charge in [0.25, 0.3) is 0 Å². The zero-order valence-corrected chi connectivity index (χ0v) is 8.61. The molecular weight excluding hydrogens is 182 g/mol. The predicted molar refractivity (Wildman–Crippen MR) is 51.8 cm³/mol. The van der Waals surface area contributed by atoms with Gasteiger partial charge in [-0.15, -0.1) is 0 Å². The first-order valence-electron chi connectivity index (χ1n) is 4.39. The van der Waals surface area contributed by atoms with Crippen LogP contribution in [0.3, 0.4) is 0 Å². The lowest BCUT2D eigenvalue weighted by atomic mass is 10.1. The Morgan fingerprint density at radius 2 is 2.36 bits per heavy atom. The van der Waals surface area contributed by atoms with Crippen molar-refractivity contribution >= 4 is 5.97 Å². The van der Waals surface area contributed by atoms with Gasteiger partial charge in [0, 0.05) is 19.8 Å². The van der Waals surface area contributed by atoms with Crippen molar-refractivity contribution in [3.8, 4) is 0 Å². The van der Waals surface area contributed by atoms with Crippen molar-refractivity contribution in [3.63, 3.8) is 0 Å². The van der Waals surface area contributed by atoms with E-state index in [0.29, 0.717) is 6.54 Å². The molecule has 0 bridgehead atoms. The molecule has 14 heavy (non-hydrogen) atoms. The number of hydrogen-bond donors (Lipinski definition) is 2. The van der Waals surface area contributed by atoms with Crippen molar-refractivity contribution < 1.29 is 9.90 Å². The van der Waals surface area contributed by atoms with E-state index < -0.39 is 11.5 Å². The molecule has 1 rings (SSSR count). The third-order valence-corrected chi connectivity index (χ3v) is 2.01. The maximum absolute atomic E-state index is 10.8. The lowest BCUT2D eigenvalue weighted by Crippen LogP contribution is -2.46. The monoisotopic (exact) mass is 197 g/mol. The molecule has 0 saturated heterocycles. The summed E-state index contributed by atoms with van der Waals surface area (Å²) in [4.78, 5) is 10.8. The number of aryl methyl sites for hydroxylation is 1. The number of rotatable bonds is 4. The molecule has 0 fully saturated rings. The number of carbonyl (C=O) groups is 1. The van der Waals surface area contributed by atoms with E-state index in [1.165, 1.54) is 0 Å². The van der Waals surface area contributed by atoms with Crippen molar-refractivity contribution in [3.05, 3.63) is 18.0 Å². The summed E-state index contributed by atoms with van der Waals surface area (Å²) in [5, 5.41) is 15.9. The van der Waals surface area contributed by atoms with Crippen LogP contribution in [0.4, 0.5) is 0 Å². The van der Waals surface area contributed by atoms with Crippen LogP contribution in [-0.4, -0.2) is 26.4 Å². The van der Waals surface area contributed by atoms with Crippen LogP contribution in [0.5, 0.6) is 0 Å². The molecular formula is C9H15N3O2. The molecule has 0 saturated carbocycles. The summed E-state index contributed by atoms with van der Waals surface area (Å²) in [6.07, 6.45) is 1.82. The first-order valence-corrected chi connectivity index (χ1v) is 4.39. The number of nitrogens with one attached hydrogen (secondary N) is 1. The third kappa shape index (κ3) is 2.56. The van der Waals surface area contributed by atoms with Gasteiger partial charge in [0.2, 0.25) is 0 Å². The summed E-state index contributed by atoms with van der Waals surface area (Å²) in [7, 11) is 1.83. The Morgan fingerprint density at radius 3 is 2.79 bits per heavy atom. The molecule has 0 aliphatic carbocycles. The number of aromatic nitrogens is 2. The maximum Gasteiger partial charge on any atom is 0.323 e. The van der Waals surface area contributed by atoms with Crippen molar-refractivity contribution in [1.29, 1.82) is 0 Å². The van der Waals surface area contributed by atoms with Crippen LogP contribution >= 0.6 is 0 Å². The molecule has 0 aromatic carbocycles. The summed E-state index contributed by atoms with van der Waals surface area (Å²) in [5.41, 5.74) is -0.0841. The number of nitrogens with zero attached hydrogens (tertiary/aromatic N) is 2. The highest BCUT2D eigenvalue weighted by molar-refractivity contribution is 5.77. The van der Waals surface area contributed by atoms with E-state index in [1.54, 1.807) is 18.5 Å². The van der Waals surface area contributed by atoms with Gasteiger partial charge in [-0.2, -0.15) is 5.10 Å². The molecule has 0 atom stereocenters. The highest BCUT2D eigenvalue weighted by Crippen LogP contribution is 2.03. The first-order chi connectivity index (χ1) is 6.42. The van der Waals surface area contributed by atoms with Gasteiger partial charge in [-0.25, -0.2) is 0 Å². The van der Waals surface area contributed by atoms with Crippen LogP contribution in [0.25, 0.3) is 0 Å². The largest absolute Gasteiger partial charge is 0.480 e. The normalized spacial score (nSPS) is 11.6. The summed E-state index contributed by atoms with van der Waals surface area (Å²) < 4.78 is 1.69. The molecule has 5 heteroatoms. The quantitative estimate of drug-likeness (QED) is 0.732. The molecule has 78 valence electrons. The van der Waals surface area contributed by atoms with Crippen molar-refractivity contribution in [2.45, 2.75) is 25.9 Å². The summed E-state index contributed by atoms with van der Waals surface area (Å²) >= 11 is 0. The number of aliphatic carboxylic acids is 1. The molecule has 0 spiro atoms. The van der Waals surface area contributed by atoms with Gasteiger partial charge < -0.3 is 5.11 Å². The van der Waals surface area contributed by atoms with Crippen LogP contribution in [0.2, 0.25) is 0 Å². The lowest BCUT2D eigenvalue weighted by Gasteiger charge is -2.20. The van der Waals surface area contributed by atoms with Gasteiger partial charge in [0.15, 0.2) is 0 Å². The van der Waals surface area contributed by atoms with E-state index in [4.69, 9.17) is 5.11 Å². The Bertz CT molecular complexity index is 331. The molecule has 0 aliphatic rings. The average Bonchev–Trinajstić information content (AvgIpc) is 2.48. The Morgan fingerprint density at radius 1 is 1.71 bits per heavy atom. The second kappa shape index (κ2) is 3.79. The smallest absolute Gasteiger partial charge is 0.323 e. The van der Waals surface area contributed by atoms with E-state index in [-0.39, 0.29) is 0 Å². The van der Waals surface area contributed by atoms with E-state index in [0.717, 1.165) is 5.69 Å². The Kier molecular flexibility index (Phi) is 2.90. The van der Waals surface area contributed by atoms with Gasteiger partial charge in [0.05, 0.1) is 5.69 Å². The summed E-state index contributed by atoms with van der Waals surface area (Å²) in [6, 6.07) is 1.85. The highest BCUT2D eigenvalue weighted by atomic mass is 16.4. The number of carboxylic acid groups (broad SMARTS) is 1. The van der Waals surface area contributed by atoms with Crippen LogP contribution in [0, 0.1) is 0 Å². The highest BCUT2D eigenvalue weighted by Gasteiger charge is 2.26. The molecule has 0 radical (unpaired) electrons. The van der Waals surface area contributed by atoms with Gasteiger partial charge >= 0.3 is 5.97 Å². The van der Waals surface area contributed by atoms with Gasteiger partial charge in [0.1, 0.15) is 5.54 Å². The Labute approximate surface area is 82.7 Å². The topological polar surface area (TPSA) is 67.2 Å². The fourth-order valence-electron chi connectivity index (χ4n) is 0.945. The van der Waals surface area contributed by atoms with Gasteiger partial charge in [-0.1, -0.05) is 0 Å². The van der Waals surface area contributed by atoms with E-state index in [9.17, 15) is 4.79 Å². The second-order valence-electron chi connectivity index (χ2n) is 3.76. The maximum atomic E-state index is 10.8. The number of carboxylic acids is 1. The average molecular weight is 197 g/mol. The van der Waals surface area contributed by atoms with E-state index >= 15 is 0 Å². The van der Waals surface area contributed by atoms with E-state index in [2.05, 4.69) is 10.4 Å². The standard InChI is InChI=1S/C9H15N3O2/c1-9(2,8(13)14)10-6-7-4-5-12(3)11-7/h4-5,10H,6H2,1-3H3,(H,13,14). The van der Waals surface area contributed by atoms with Crippen molar-refractivity contribution in [1.82, 2.24) is 15.1 Å². The predicted octanol–water partition coefficient (Wildman–Crippen LogP) is 0.373. The molecule has 1 aromatic heterocycles. The minimum Gasteiger partial charge on any atom is -0.480 e. The molecule has 0 aliphatic heterocycles. The van der Waals surface area contributed by atoms with Crippen molar-refractivity contribution in [2.75, 3.05) is 0 Å². The van der Waals surface area contributed by atoms with Crippen LogP contribution < -0.4 is 5.32 Å². The van der Waals surface area contributed by atoms with Crippen LogP contribution in [0.15, 0.2) is 12.3 Å². The minimum atomic E-state index is -0.919. The fraction of sp³-hybridized carbons (Fsp3) is 0.556. The first kappa shape index (κ1) is 10.7. The fourth-order valence-corrected chi connectivity index (χ4v) is 0.945. The van der Waals surface area contributed by atoms with Crippen LogP contribution in [0.1, 0.15) is 19.5 Å². The molecule has 1 heterocycles. The molecule has 1 aromatic rings. The minimum absolute atomic E-state index is 0.458. The molecule has 0 amide bonds. The molecule has 5 nitrogen and oxygen atoms in total. The zero-order valence-electron chi connectivity index (χ0n) is 8.61.